The van der Waals surface area contributed by atoms with E-state index in [1.807, 2.05) is 12.1 Å². The van der Waals surface area contributed by atoms with Crippen LogP contribution in [0.2, 0.25) is 0 Å². The van der Waals surface area contributed by atoms with Crippen LogP contribution in [-0.2, 0) is 6.54 Å². The second-order valence-corrected chi connectivity index (χ2v) is 5.63. The summed E-state index contributed by atoms with van der Waals surface area (Å²) < 4.78 is 5.29. The molecule has 1 aromatic carbocycles. The van der Waals surface area contributed by atoms with Crippen LogP contribution in [0.5, 0.6) is 0 Å². The van der Waals surface area contributed by atoms with Crippen molar-refractivity contribution in [3.63, 3.8) is 0 Å². The summed E-state index contributed by atoms with van der Waals surface area (Å²) in [6, 6.07) is 10.3. The maximum Gasteiger partial charge on any atom is 0.183 e. The number of aromatic nitrogens is 1. The van der Waals surface area contributed by atoms with Gasteiger partial charge in [0.2, 0.25) is 0 Å². The van der Waals surface area contributed by atoms with E-state index in [4.69, 9.17) is 4.42 Å². The maximum atomic E-state index is 5.29. The molecular weight excluding hydrogens is 268 g/mol. The number of thiazole rings is 1. The lowest BCUT2D eigenvalue weighted by atomic mass is 10.1. The van der Waals surface area contributed by atoms with Gasteiger partial charge in [0.15, 0.2) is 5.13 Å². The van der Waals surface area contributed by atoms with Crippen molar-refractivity contribution in [3.8, 4) is 11.3 Å². The first-order valence-corrected chi connectivity index (χ1v) is 7.40. The van der Waals surface area contributed by atoms with Gasteiger partial charge in [-0.2, -0.15) is 0 Å². The molecule has 1 N–H and O–H groups in total. The highest BCUT2D eigenvalue weighted by atomic mass is 32.1. The van der Waals surface area contributed by atoms with Gasteiger partial charge < -0.3 is 9.73 Å². The average Bonchev–Trinajstić information content (AvgIpc) is 3.10. The van der Waals surface area contributed by atoms with Crippen LogP contribution in [-0.4, -0.2) is 4.98 Å². The highest BCUT2D eigenvalue weighted by molar-refractivity contribution is 7.14. The Balaban J connectivity index is 1.74. The minimum atomic E-state index is 0.660. The smallest absolute Gasteiger partial charge is 0.183 e. The molecule has 3 aromatic rings. The molecule has 0 radical (unpaired) electrons. The summed E-state index contributed by atoms with van der Waals surface area (Å²) in [7, 11) is 0. The SMILES string of the molecule is Cc1ccc(-c2csc(NCc3ccco3)n2)cc1C. The minimum absolute atomic E-state index is 0.660. The standard InChI is InChI=1S/C16H16N2OS/c1-11-5-6-13(8-12(11)2)15-10-20-16(18-15)17-9-14-4-3-7-19-14/h3-8,10H,9H2,1-2H3,(H,17,18). The topological polar surface area (TPSA) is 38.1 Å². The first-order chi connectivity index (χ1) is 9.72. The van der Waals surface area contributed by atoms with Crippen molar-refractivity contribution in [3.05, 3.63) is 58.9 Å². The summed E-state index contributed by atoms with van der Waals surface area (Å²) in [6.45, 7) is 4.91. The summed E-state index contributed by atoms with van der Waals surface area (Å²) in [5, 5.41) is 6.27. The summed E-state index contributed by atoms with van der Waals surface area (Å²) in [6.07, 6.45) is 1.68. The molecule has 0 fully saturated rings. The van der Waals surface area contributed by atoms with Crippen LogP contribution in [0, 0.1) is 13.8 Å². The summed E-state index contributed by atoms with van der Waals surface area (Å²) in [5.74, 6) is 0.910. The lowest BCUT2D eigenvalue weighted by molar-refractivity contribution is 0.518. The van der Waals surface area contributed by atoms with Crippen molar-refractivity contribution in [2.75, 3.05) is 5.32 Å². The zero-order valence-electron chi connectivity index (χ0n) is 11.5. The first-order valence-electron chi connectivity index (χ1n) is 6.52. The Morgan fingerprint density at radius 1 is 1.20 bits per heavy atom. The normalized spacial score (nSPS) is 10.7. The Hall–Kier alpha value is -2.07. The molecule has 0 spiro atoms. The van der Waals surface area contributed by atoms with Crippen LogP contribution in [0.25, 0.3) is 11.3 Å². The van der Waals surface area contributed by atoms with Crippen molar-refractivity contribution < 1.29 is 4.42 Å². The fourth-order valence-corrected chi connectivity index (χ4v) is 2.68. The van der Waals surface area contributed by atoms with Gasteiger partial charge >= 0.3 is 0 Å². The minimum Gasteiger partial charge on any atom is -0.467 e. The van der Waals surface area contributed by atoms with Crippen molar-refractivity contribution in [1.29, 1.82) is 0 Å². The number of nitrogens with one attached hydrogen (secondary N) is 1. The number of hydrogen-bond donors (Lipinski definition) is 1. The molecule has 0 saturated heterocycles. The molecule has 20 heavy (non-hydrogen) atoms. The highest BCUT2D eigenvalue weighted by Crippen LogP contribution is 2.26. The van der Waals surface area contributed by atoms with E-state index in [1.165, 1.54) is 11.1 Å². The average molecular weight is 284 g/mol. The van der Waals surface area contributed by atoms with Crippen molar-refractivity contribution >= 4 is 16.5 Å². The summed E-state index contributed by atoms with van der Waals surface area (Å²) in [5.41, 5.74) is 4.77. The molecule has 0 amide bonds. The van der Waals surface area contributed by atoms with E-state index in [2.05, 4.69) is 47.7 Å². The third-order valence-corrected chi connectivity index (χ3v) is 4.10. The molecule has 0 saturated carbocycles. The number of hydrogen-bond acceptors (Lipinski definition) is 4. The van der Waals surface area contributed by atoms with E-state index in [0.29, 0.717) is 6.54 Å². The number of benzene rings is 1. The number of rotatable bonds is 4. The number of furan rings is 1. The van der Waals surface area contributed by atoms with Gasteiger partial charge in [-0.05, 0) is 43.2 Å². The molecule has 0 aliphatic heterocycles. The fourth-order valence-electron chi connectivity index (χ4n) is 1.96. The number of nitrogens with zero attached hydrogens (tertiary/aromatic N) is 1. The van der Waals surface area contributed by atoms with E-state index in [-0.39, 0.29) is 0 Å². The zero-order valence-corrected chi connectivity index (χ0v) is 12.3. The molecule has 2 aromatic heterocycles. The molecule has 0 aliphatic carbocycles. The first kappa shape index (κ1) is 12.9. The molecule has 0 aliphatic rings. The largest absolute Gasteiger partial charge is 0.467 e. The Bertz CT molecular complexity index is 701. The number of aryl methyl sites for hydroxylation is 2. The molecule has 3 rings (SSSR count). The maximum absolute atomic E-state index is 5.29. The van der Waals surface area contributed by atoms with Gasteiger partial charge in [0, 0.05) is 10.9 Å². The van der Waals surface area contributed by atoms with Gasteiger partial charge in [0.25, 0.3) is 0 Å². The Morgan fingerprint density at radius 3 is 2.85 bits per heavy atom. The molecule has 2 heterocycles. The summed E-state index contributed by atoms with van der Waals surface area (Å²) in [4.78, 5) is 4.62. The third kappa shape index (κ3) is 2.75. The van der Waals surface area contributed by atoms with Crippen LogP contribution in [0.4, 0.5) is 5.13 Å². The summed E-state index contributed by atoms with van der Waals surface area (Å²) >= 11 is 1.61. The van der Waals surface area contributed by atoms with Crippen LogP contribution < -0.4 is 5.32 Å². The fraction of sp³-hybridized carbons (Fsp3) is 0.188. The number of anilines is 1. The lowest BCUT2D eigenvalue weighted by Crippen LogP contribution is -1.97. The Morgan fingerprint density at radius 2 is 2.10 bits per heavy atom. The quantitative estimate of drug-likeness (QED) is 0.759. The van der Waals surface area contributed by atoms with Gasteiger partial charge in [0.05, 0.1) is 18.5 Å². The predicted molar refractivity (Wildman–Crippen MR) is 83.1 cm³/mol. The Kier molecular flexibility index (Phi) is 3.56. The molecule has 102 valence electrons. The van der Waals surface area contributed by atoms with Crippen LogP contribution >= 0.6 is 11.3 Å². The highest BCUT2D eigenvalue weighted by Gasteiger charge is 2.06. The molecule has 4 heteroatoms. The van der Waals surface area contributed by atoms with Crippen molar-refractivity contribution in [1.82, 2.24) is 4.98 Å². The van der Waals surface area contributed by atoms with Crippen LogP contribution in [0.1, 0.15) is 16.9 Å². The van der Waals surface area contributed by atoms with Crippen LogP contribution in [0.3, 0.4) is 0 Å². The van der Waals surface area contributed by atoms with Gasteiger partial charge in [-0.3, -0.25) is 0 Å². The van der Waals surface area contributed by atoms with Gasteiger partial charge in [0.1, 0.15) is 5.76 Å². The van der Waals surface area contributed by atoms with Gasteiger partial charge in [-0.1, -0.05) is 12.1 Å². The second kappa shape index (κ2) is 5.51. The van der Waals surface area contributed by atoms with E-state index in [0.717, 1.165) is 22.1 Å². The van der Waals surface area contributed by atoms with Crippen molar-refractivity contribution in [2.24, 2.45) is 0 Å². The predicted octanol–water partition coefficient (Wildman–Crippen LogP) is 4.63. The second-order valence-electron chi connectivity index (χ2n) is 4.77. The third-order valence-electron chi connectivity index (χ3n) is 3.30. The molecule has 3 nitrogen and oxygen atoms in total. The van der Waals surface area contributed by atoms with E-state index in [1.54, 1.807) is 17.6 Å². The molecule has 0 unspecified atom stereocenters. The zero-order chi connectivity index (χ0) is 13.9. The van der Waals surface area contributed by atoms with Gasteiger partial charge in [-0.15, -0.1) is 11.3 Å². The van der Waals surface area contributed by atoms with Crippen LogP contribution in [0.15, 0.2) is 46.4 Å². The molecule has 0 bridgehead atoms. The van der Waals surface area contributed by atoms with Crippen molar-refractivity contribution in [2.45, 2.75) is 20.4 Å². The van der Waals surface area contributed by atoms with E-state index < -0.39 is 0 Å². The Labute approximate surface area is 122 Å². The molecule has 0 atom stereocenters. The van der Waals surface area contributed by atoms with Gasteiger partial charge in [-0.25, -0.2) is 4.98 Å². The van der Waals surface area contributed by atoms with E-state index >= 15 is 0 Å². The van der Waals surface area contributed by atoms with E-state index in [9.17, 15) is 0 Å². The monoisotopic (exact) mass is 284 g/mol. The lowest BCUT2D eigenvalue weighted by Gasteiger charge is -2.02. The molecular formula is C16H16N2OS.